The van der Waals surface area contributed by atoms with E-state index in [0.717, 1.165) is 0 Å². The molecule has 2 N–H and O–H groups in total. The van der Waals surface area contributed by atoms with Gasteiger partial charge in [-0.1, -0.05) is 0 Å². The fourth-order valence-corrected chi connectivity index (χ4v) is 1.57. The summed E-state index contributed by atoms with van der Waals surface area (Å²) in [4.78, 5) is 14.8. The molecule has 0 unspecified atom stereocenters. The van der Waals surface area contributed by atoms with Crippen LogP contribution in [0, 0.1) is 6.92 Å². The Morgan fingerprint density at radius 1 is 1.60 bits per heavy atom. The van der Waals surface area contributed by atoms with Gasteiger partial charge in [0, 0.05) is 6.20 Å². The molecule has 0 saturated carbocycles. The van der Waals surface area contributed by atoms with Crippen molar-refractivity contribution in [1.29, 1.82) is 0 Å². The molecule has 0 bridgehead atoms. The zero-order valence-corrected chi connectivity index (χ0v) is 8.14. The van der Waals surface area contributed by atoms with E-state index in [-0.39, 0.29) is 12.2 Å². The van der Waals surface area contributed by atoms with E-state index in [1.54, 1.807) is 23.6 Å². The van der Waals surface area contributed by atoms with Crippen molar-refractivity contribution in [3.05, 3.63) is 29.7 Å². The van der Waals surface area contributed by atoms with E-state index in [2.05, 4.69) is 4.98 Å². The second-order valence-corrected chi connectivity index (χ2v) is 3.30. The normalized spacial score (nSPS) is 10.7. The first-order chi connectivity index (χ1) is 7.09. The second kappa shape index (κ2) is 3.27. The molecule has 0 aromatic carbocycles. The molecule has 0 radical (unpaired) electrons. The molecule has 5 heteroatoms. The molecule has 15 heavy (non-hydrogen) atoms. The third kappa shape index (κ3) is 1.52. The number of carboxylic acid groups (broad SMARTS) is 1. The number of aryl methyl sites for hydroxylation is 1. The number of aromatic hydroxyl groups is 1. The molecule has 2 heterocycles. The first-order valence-corrected chi connectivity index (χ1v) is 4.47. The van der Waals surface area contributed by atoms with Crippen molar-refractivity contribution in [2.45, 2.75) is 13.3 Å². The number of imidazole rings is 1. The predicted octanol–water partition coefficient (Wildman–Crippen LogP) is 0.975. The maximum atomic E-state index is 10.6. The van der Waals surface area contributed by atoms with Crippen LogP contribution in [-0.2, 0) is 11.2 Å². The highest BCUT2D eigenvalue weighted by atomic mass is 16.4. The molecule has 0 aliphatic heterocycles. The topological polar surface area (TPSA) is 74.8 Å². The van der Waals surface area contributed by atoms with Crippen molar-refractivity contribution in [1.82, 2.24) is 9.38 Å². The number of pyridine rings is 1. The van der Waals surface area contributed by atoms with E-state index in [9.17, 15) is 9.90 Å². The average molecular weight is 206 g/mol. The van der Waals surface area contributed by atoms with Gasteiger partial charge in [-0.2, -0.15) is 0 Å². The van der Waals surface area contributed by atoms with E-state index in [1.165, 1.54) is 6.07 Å². The van der Waals surface area contributed by atoms with Crippen molar-refractivity contribution in [3.8, 4) is 5.75 Å². The Morgan fingerprint density at radius 2 is 2.33 bits per heavy atom. The number of aliphatic carboxylic acids is 1. The zero-order chi connectivity index (χ0) is 11.0. The molecule has 0 amide bonds. The quantitative estimate of drug-likeness (QED) is 0.767. The van der Waals surface area contributed by atoms with Gasteiger partial charge in [-0.05, 0) is 19.1 Å². The van der Waals surface area contributed by atoms with E-state index < -0.39 is 5.97 Å². The average Bonchev–Trinajstić information content (AvgIpc) is 2.45. The minimum atomic E-state index is -0.914. The Hall–Kier alpha value is -2.04. The summed E-state index contributed by atoms with van der Waals surface area (Å²) in [6, 6.07) is 3.17. The van der Waals surface area contributed by atoms with Crippen LogP contribution < -0.4 is 0 Å². The zero-order valence-electron chi connectivity index (χ0n) is 8.14. The SMILES string of the molecule is Cc1nc2c(O)cccn2c1CC(=O)O. The van der Waals surface area contributed by atoms with Gasteiger partial charge in [0.15, 0.2) is 11.4 Å². The summed E-state index contributed by atoms with van der Waals surface area (Å²) < 4.78 is 1.60. The number of fused-ring (bicyclic) bond motifs is 1. The van der Waals surface area contributed by atoms with Crippen molar-refractivity contribution < 1.29 is 15.0 Å². The maximum absolute atomic E-state index is 10.6. The van der Waals surface area contributed by atoms with Crippen LogP contribution in [0.2, 0.25) is 0 Å². The van der Waals surface area contributed by atoms with Crippen LogP contribution in [0.15, 0.2) is 18.3 Å². The van der Waals surface area contributed by atoms with Crippen molar-refractivity contribution in [2.75, 3.05) is 0 Å². The first-order valence-electron chi connectivity index (χ1n) is 4.47. The monoisotopic (exact) mass is 206 g/mol. The van der Waals surface area contributed by atoms with Crippen molar-refractivity contribution >= 4 is 11.6 Å². The third-order valence-electron chi connectivity index (χ3n) is 2.25. The lowest BCUT2D eigenvalue weighted by Crippen LogP contribution is -2.04. The molecular weight excluding hydrogens is 196 g/mol. The van der Waals surface area contributed by atoms with Gasteiger partial charge in [-0.3, -0.25) is 4.79 Å². The molecule has 0 aliphatic carbocycles. The summed E-state index contributed by atoms with van der Waals surface area (Å²) in [5, 5.41) is 18.2. The fraction of sp³-hybridized carbons (Fsp3) is 0.200. The number of hydrogen-bond donors (Lipinski definition) is 2. The first kappa shape index (κ1) is 9.51. The van der Waals surface area contributed by atoms with Gasteiger partial charge in [0.25, 0.3) is 0 Å². The summed E-state index contributed by atoms with van der Waals surface area (Å²) >= 11 is 0. The van der Waals surface area contributed by atoms with E-state index >= 15 is 0 Å². The molecule has 2 aromatic rings. The number of nitrogens with zero attached hydrogens (tertiary/aromatic N) is 2. The Morgan fingerprint density at radius 3 is 3.00 bits per heavy atom. The largest absolute Gasteiger partial charge is 0.504 e. The Bertz CT molecular complexity index is 531. The maximum Gasteiger partial charge on any atom is 0.309 e. The minimum absolute atomic E-state index is 0.0530. The molecule has 78 valence electrons. The molecule has 0 saturated heterocycles. The van der Waals surface area contributed by atoms with Crippen LogP contribution in [0.1, 0.15) is 11.4 Å². The molecule has 0 aliphatic rings. The van der Waals surface area contributed by atoms with Gasteiger partial charge >= 0.3 is 5.97 Å². The van der Waals surface area contributed by atoms with E-state index in [4.69, 9.17) is 5.11 Å². The summed E-state index contributed by atoms with van der Waals surface area (Å²) in [7, 11) is 0. The van der Waals surface area contributed by atoms with E-state index in [1.807, 2.05) is 0 Å². The highest BCUT2D eigenvalue weighted by Crippen LogP contribution is 2.20. The van der Waals surface area contributed by atoms with Gasteiger partial charge in [-0.15, -0.1) is 0 Å². The number of rotatable bonds is 2. The van der Waals surface area contributed by atoms with Gasteiger partial charge in [0.05, 0.1) is 17.8 Å². The van der Waals surface area contributed by atoms with Crippen LogP contribution in [0.25, 0.3) is 5.65 Å². The van der Waals surface area contributed by atoms with Crippen molar-refractivity contribution in [2.24, 2.45) is 0 Å². The van der Waals surface area contributed by atoms with Crippen LogP contribution in [0.4, 0.5) is 0 Å². The summed E-state index contributed by atoms with van der Waals surface area (Å²) in [5.74, 6) is -0.861. The smallest absolute Gasteiger partial charge is 0.309 e. The fourth-order valence-electron chi connectivity index (χ4n) is 1.57. The minimum Gasteiger partial charge on any atom is -0.504 e. The lowest BCUT2D eigenvalue weighted by molar-refractivity contribution is -0.136. The van der Waals surface area contributed by atoms with E-state index in [0.29, 0.717) is 17.0 Å². The van der Waals surface area contributed by atoms with Crippen LogP contribution >= 0.6 is 0 Å². The number of hydrogen-bond acceptors (Lipinski definition) is 3. The van der Waals surface area contributed by atoms with Crippen molar-refractivity contribution in [3.63, 3.8) is 0 Å². The molecule has 2 aromatic heterocycles. The van der Waals surface area contributed by atoms with Crippen LogP contribution in [0.3, 0.4) is 0 Å². The molecule has 2 rings (SSSR count). The van der Waals surface area contributed by atoms with Gasteiger partial charge in [0.1, 0.15) is 0 Å². The number of carbonyl (C=O) groups is 1. The van der Waals surface area contributed by atoms with Gasteiger partial charge < -0.3 is 14.6 Å². The van der Waals surface area contributed by atoms with Gasteiger partial charge in [0.2, 0.25) is 0 Å². The Kier molecular flexibility index (Phi) is 2.07. The summed E-state index contributed by atoms with van der Waals surface area (Å²) in [6.45, 7) is 1.73. The molecule has 5 nitrogen and oxygen atoms in total. The lowest BCUT2D eigenvalue weighted by atomic mass is 10.2. The standard InChI is InChI=1S/C10H10N2O3/c1-6-7(5-9(14)15)12-4-2-3-8(13)10(12)11-6/h2-4,13H,5H2,1H3,(H,14,15). The Balaban J connectivity index is 2.68. The van der Waals surface area contributed by atoms with Crippen LogP contribution in [-0.4, -0.2) is 25.6 Å². The molecule has 0 atom stereocenters. The van der Waals surface area contributed by atoms with Crippen LogP contribution in [0.5, 0.6) is 5.75 Å². The molecule has 0 fully saturated rings. The lowest BCUT2D eigenvalue weighted by Gasteiger charge is -1.99. The second-order valence-electron chi connectivity index (χ2n) is 3.30. The number of aromatic nitrogens is 2. The third-order valence-corrected chi connectivity index (χ3v) is 2.25. The number of carboxylic acids is 1. The van der Waals surface area contributed by atoms with Gasteiger partial charge in [-0.25, -0.2) is 4.98 Å². The highest BCUT2D eigenvalue weighted by molar-refractivity contribution is 5.71. The highest BCUT2D eigenvalue weighted by Gasteiger charge is 2.13. The summed E-state index contributed by atoms with van der Waals surface area (Å²) in [6.07, 6.45) is 1.59. The Labute approximate surface area is 85.6 Å². The summed E-state index contributed by atoms with van der Waals surface area (Å²) in [5.41, 5.74) is 1.61. The predicted molar refractivity (Wildman–Crippen MR) is 52.9 cm³/mol. The molecular formula is C10H10N2O3. The molecule has 0 spiro atoms.